The standard InChI is InChI=1S/C13H13ClN4O3/c1-20-13(21-2)11-17-16-10-6-15-12(19)8-5-7(14)3-4-9(8)18(10)11/h3-5,13H,6H2,1-2H3,(H,15,19). The Morgan fingerprint density at radius 1 is 1.33 bits per heavy atom. The first kappa shape index (κ1) is 14.0. The summed E-state index contributed by atoms with van der Waals surface area (Å²) in [4.78, 5) is 12.2. The van der Waals surface area contributed by atoms with Crippen molar-refractivity contribution in [2.45, 2.75) is 12.8 Å². The molecular formula is C13H13ClN4O3. The zero-order valence-electron chi connectivity index (χ0n) is 11.5. The van der Waals surface area contributed by atoms with Gasteiger partial charge in [0.15, 0.2) is 11.6 Å². The molecule has 0 spiro atoms. The Kier molecular flexibility index (Phi) is 3.62. The molecule has 2 aromatic rings. The summed E-state index contributed by atoms with van der Waals surface area (Å²) in [5, 5.41) is 11.5. The second kappa shape index (κ2) is 5.44. The molecule has 1 aromatic heterocycles. The molecule has 21 heavy (non-hydrogen) atoms. The molecule has 0 saturated heterocycles. The van der Waals surface area contributed by atoms with Gasteiger partial charge in [0.05, 0.1) is 17.8 Å². The Labute approximate surface area is 125 Å². The second-order valence-electron chi connectivity index (χ2n) is 4.46. The van der Waals surface area contributed by atoms with Crippen molar-refractivity contribution in [2.75, 3.05) is 14.2 Å². The molecule has 0 unspecified atom stereocenters. The number of rotatable bonds is 3. The van der Waals surface area contributed by atoms with E-state index in [0.717, 1.165) is 0 Å². The summed E-state index contributed by atoms with van der Waals surface area (Å²) in [7, 11) is 3.03. The average molecular weight is 309 g/mol. The van der Waals surface area contributed by atoms with Crippen LogP contribution in [0.3, 0.4) is 0 Å². The molecule has 3 rings (SSSR count). The minimum Gasteiger partial charge on any atom is -0.349 e. The van der Waals surface area contributed by atoms with Gasteiger partial charge in [-0.1, -0.05) is 11.6 Å². The van der Waals surface area contributed by atoms with Crippen molar-refractivity contribution in [1.82, 2.24) is 20.1 Å². The average Bonchev–Trinajstić information content (AvgIpc) is 2.84. The summed E-state index contributed by atoms with van der Waals surface area (Å²) >= 11 is 5.98. The van der Waals surface area contributed by atoms with Gasteiger partial charge in [0.1, 0.15) is 0 Å². The number of ether oxygens (including phenoxy) is 2. The van der Waals surface area contributed by atoms with Crippen LogP contribution in [0.25, 0.3) is 5.69 Å². The number of nitrogens with zero attached hydrogens (tertiary/aromatic N) is 3. The molecule has 1 amide bonds. The van der Waals surface area contributed by atoms with E-state index in [2.05, 4.69) is 15.5 Å². The van der Waals surface area contributed by atoms with Gasteiger partial charge in [-0.05, 0) is 18.2 Å². The summed E-state index contributed by atoms with van der Waals surface area (Å²) < 4.78 is 12.2. The van der Waals surface area contributed by atoms with E-state index in [0.29, 0.717) is 27.9 Å². The van der Waals surface area contributed by atoms with E-state index in [1.165, 1.54) is 14.2 Å². The number of aromatic nitrogens is 3. The first-order valence-corrected chi connectivity index (χ1v) is 6.61. The lowest BCUT2D eigenvalue weighted by Gasteiger charge is -2.15. The van der Waals surface area contributed by atoms with Crippen LogP contribution in [0.1, 0.15) is 28.3 Å². The van der Waals surface area contributed by atoms with Gasteiger partial charge in [-0.3, -0.25) is 9.36 Å². The number of methoxy groups -OCH3 is 2. The minimum atomic E-state index is -0.678. The van der Waals surface area contributed by atoms with Gasteiger partial charge in [0, 0.05) is 19.2 Å². The maximum absolute atomic E-state index is 12.2. The first-order valence-electron chi connectivity index (χ1n) is 6.23. The fraction of sp³-hybridized carbons (Fsp3) is 0.308. The van der Waals surface area contributed by atoms with Crippen molar-refractivity contribution >= 4 is 17.5 Å². The molecule has 0 fully saturated rings. The molecule has 1 aliphatic heterocycles. The van der Waals surface area contributed by atoms with Gasteiger partial charge in [-0.25, -0.2) is 0 Å². The third kappa shape index (κ3) is 2.29. The lowest BCUT2D eigenvalue weighted by molar-refractivity contribution is -0.112. The Bertz CT molecular complexity index is 697. The fourth-order valence-electron chi connectivity index (χ4n) is 2.31. The highest BCUT2D eigenvalue weighted by Gasteiger charge is 2.27. The molecule has 0 atom stereocenters. The number of nitrogens with one attached hydrogen (secondary N) is 1. The van der Waals surface area contributed by atoms with Crippen LogP contribution in [0.4, 0.5) is 0 Å². The molecule has 1 aromatic carbocycles. The monoisotopic (exact) mass is 308 g/mol. The molecule has 1 N–H and O–H groups in total. The minimum absolute atomic E-state index is 0.213. The number of carbonyl (C=O) groups excluding carboxylic acids is 1. The van der Waals surface area contributed by atoms with E-state index in [9.17, 15) is 4.79 Å². The lowest BCUT2D eigenvalue weighted by Crippen LogP contribution is -2.21. The number of amides is 1. The van der Waals surface area contributed by atoms with Gasteiger partial charge >= 0.3 is 0 Å². The molecule has 0 radical (unpaired) electrons. The summed E-state index contributed by atoms with van der Waals surface area (Å²) in [5.41, 5.74) is 1.09. The molecule has 110 valence electrons. The molecule has 1 aliphatic rings. The van der Waals surface area contributed by atoms with Crippen molar-refractivity contribution < 1.29 is 14.3 Å². The largest absolute Gasteiger partial charge is 0.349 e. The van der Waals surface area contributed by atoms with Crippen LogP contribution in [0.2, 0.25) is 5.02 Å². The van der Waals surface area contributed by atoms with Gasteiger partial charge < -0.3 is 14.8 Å². The van der Waals surface area contributed by atoms with Gasteiger partial charge in [0.2, 0.25) is 6.29 Å². The van der Waals surface area contributed by atoms with E-state index < -0.39 is 6.29 Å². The smallest absolute Gasteiger partial charge is 0.253 e. The van der Waals surface area contributed by atoms with Crippen LogP contribution in [0, 0.1) is 0 Å². The van der Waals surface area contributed by atoms with Crippen LogP contribution in [-0.4, -0.2) is 34.9 Å². The highest BCUT2D eigenvalue weighted by molar-refractivity contribution is 6.31. The third-order valence-electron chi connectivity index (χ3n) is 3.25. The van der Waals surface area contributed by atoms with Gasteiger partial charge in [-0.15, -0.1) is 10.2 Å². The van der Waals surface area contributed by atoms with E-state index in [4.69, 9.17) is 21.1 Å². The Balaban J connectivity index is 2.24. The normalized spacial score (nSPS) is 13.6. The molecule has 2 heterocycles. The number of fused-ring (bicyclic) bond motifs is 3. The van der Waals surface area contributed by atoms with Crippen LogP contribution in [0.5, 0.6) is 0 Å². The van der Waals surface area contributed by atoms with Crippen LogP contribution in [0.15, 0.2) is 18.2 Å². The molecule has 8 heteroatoms. The molecule has 0 saturated carbocycles. The number of halogens is 1. The predicted molar refractivity (Wildman–Crippen MR) is 74.3 cm³/mol. The van der Waals surface area contributed by atoms with Crippen molar-refractivity contribution in [3.8, 4) is 5.69 Å². The third-order valence-corrected chi connectivity index (χ3v) is 3.48. The van der Waals surface area contributed by atoms with E-state index in [-0.39, 0.29) is 12.5 Å². The first-order chi connectivity index (χ1) is 10.2. The topological polar surface area (TPSA) is 78.3 Å². The van der Waals surface area contributed by atoms with Gasteiger partial charge in [0.25, 0.3) is 5.91 Å². The summed E-state index contributed by atoms with van der Waals surface area (Å²) in [6.45, 7) is 0.262. The zero-order valence-corrected chi connectivity index (χ0v) is 12.2. The summed E-state index contributed by atoms with van der Waals surface area (Å²) in [5.74, 6) is 0.851. The quantitative estimate of drug-likeness (QED) is 0.868. The second-order valence-corrected chi connectivity index (χ2v) is 4.89. The number of hydrogen-bond donors (Lipinski definition) is 1. The SMILES string of the molecule is COC(OC)c1nnc2n1-c1ccc(Cl)cc1C(=O)NC2. The number of hydrogen-bond acceptors (Lipinski definition) is 5. The van der Waals surface area contributed by atoms with Crippen LogP contribution < -0.4 is 5.32 Å². The Morgan fingerprint density at radius 3 is 2.81 bits per heavy atom. The van der Waals surface area contributed by atoms with E-state index >= 15 is 0 Å². The lowest BCUT2D eigenvalue weighted by atomic mass is 10.1. The Morgan fingerprint density at radius 2 is 2.10 bits per heavy atom. The molecule has 0 bridgehead atoms. The zero-order chi connectivity index (χ0) is 15.0. The number of carbonyl (C=O) groups is 1. The van der Waals surface area contributed by atoms with Crippen molar-refractivity contribution in [2.24, 2.45) is 0 Å². The van der Waals surface area contributed by atoms with E-state index in [1.54, 1.807) is 22.8 Å². The van der Waals surface area contributed by atoms with E-state index in [1.807, 2.05) is 0 Å². The van der Waals surface area contributed by atoms with Gasteiger partial charge in [-0.2, -0.15) is 0 Å². The van der Waals surface area contributed by atoms with Crippen molar-refractivity contribution in [1.29, 1.82) is 0 Å². The van der Waals surface area contributed by atoms with Crippen LogP contribution >= 0.6 is 11.6 Å². The fourth-order valence-corrected chi connectivity index (χ4v) is 2.48. The summed E-state index contributed by atoms with van der Waals surface area (Å²) in [6, 6.07) is 5.07. The molecular weight excluding hydrogens is 296 g/mol. The summed E-state index contributed by atoms with van der Waals surface area (Å²) in [6.07, 6.45) is -0.678. The highest BCUT2D eigenvalue weighted by atomic mass is 35.5. The predicted octanol–water partition coefficient (Wildman–Crippen LogP) is 1.46. The Hall–Kier alpha value is -1.96. The van der Waals surface area contributed by atoms with Crippen molar-refractivity contribution in [3.05, 3.63) is 40.4 Å². The van der Waals surface area contributed by atoms with Crippen molar-refractivity contribution in [3.63, 3.8) is 0 Å². The van der Waals surface area contributed by atoms with Crippen LogP contribution in [-0.2, 0) is 16.0 Å². The molecule has 0 aliphatic carbocycles. The molecule has 7 nitrogen and oxygen atoms in total. The number of benzene rings is 1. The maximum Gasteiger partial charge on any atom is 0.253 e. The highest BCUT2D eigenvalue weighted by Crippen LogP contribution is 2.27. The maximum atomic E-state index is 12.2.